The number of hydrogen-bond acceptors (Lipinski definition) is 5. The van der Waals surface area contributed by atoms with Gasteiger partial charge >= 0.3 is 12.2 Å². The van der Waals surface area contributed by atoms with Crippen molar-refractivity contribution in [3.05, 3.63) is 41.7 Å². The molecule has 0 unspecified atom stereocenters. The lowest BCUT2D eigenvalue weighted by molar-refractivity contribution is -0.137. The lowest BCUT2D eigenvalue weighted by Crippen LogP contribution is -2.08. The Morgan fingerprint density at radius 1 is 1.23 bits per heavy atom. The number of imidazole rings is 1. The highest BCUT2D eigenvalue weighted by Gasteiger charge is 2.30. The van der Waals surface area contributed by atoms with E-state index in [1.165, 1.54) is 12.4 Å². The van der Waals surface area contributed by atoms with Crippen LogP contribution in [0.4, 0.5) is 19.0 Å². The quantitative estimate of drug-likeness (QED) is 0.753. The van der Waals surface area contributed by atoms with Crippen LogP contribution in [0.5, 0.6) is 6.01 Å². The monoisotopic (exact) mass is 363 g/mol. The van der Waals surface area contributed by atoms with Crippen LogP contribution in [0.1, 0.15) is 24.0 Å². The molecule has 0 saturated heterocycles. The summed E-state index contributed by atoms with van der Waals surface area (Å²) < 4.78 is 45.9. The van der Waals surface area contributed by atoms with Gasteiger partial charge in [-0.1, -0.05) is 12.1 Å². The fourth-order valence-corrected chi connectivity index (χ4v) is 2.65. The van der Waals surface area contributed by atoms with Gasteiger partial charge in [0.25, 0.3) is 0 Å². The summed E-state index contributed by atoms with van der Waals surface area (Å²) in [5, 5.41) is 0. The van der Waals surface area contributed by atoms with Gasteiger partial charge in [0, 0.05) is 0 Å². The molecule has 6 nitrogen and oxygen atoms in total. The van der Waals surface area contributed by atoms with E-state index in [1.807, 2.05) is 0 Å². The van der Waals surface area contributed by atoms with Gasteiger partial charge < -0.3 is 15.0 Å². The Morgan fingerprint density at radius 3 is 2.77 bits per heavy atom. The Labute approximate surface area is 146 Å². The van der Waals surface area contributed by atoms with Gasteiger partial charge in [-0.15, -0.1) is 0 Å². The van der Waals surface area contributed by atoms with E-state index < -0.39 is 11.7 Å². The smallest absolute Gasteiger partial charge is 0.416 e. The van der Waals surface area contributed by atoms with Crippen molar-refractivity contribution in [2.24, 2.45) is 5.92 Å². The van der Waals surface area contributed by atoms with Crippen LogP contribution in [0.2, 0.25) is 0 Å². The summed E-state index contributed by atoms with van der Waals surface area (Å²) in [6.07, 6.45) is -0.638. The summed E-state index contributed by atoms with van der Waals surface area (Å²) >= 11 is 0. The second kappa shape index (κ2) is 6.15. The van der Waals surface area contributed by atoms with E-state index >= 15 is 0 Å². The van der Waals surface area contributed by atoms with Gasteiger partial charge in [0.1, 0.15) is 0 Å². The molecule has 9 heteroatoms. The molecule has 0 atom stereocenters. The highest BCUT2D eigenvalue weighted by Crippen LogP contribution is 2.31. The number of hydrogen-bond donors (Lipinski definition) is 1. The van der Waals surface area contributed by atoms with Crippen molar-refractivity contribution in [3.8, 4) is 6.01 Å². The molecule has 2 N–H and O–H groups in total. The molecule has 2 heterocycles. The number of nitrogens with two attached hydrogens (primary N) is 1. The van der Waals surface area contributed by atoms with Gasteiger partial charge in [-0.3, -0.25) is 0 Å². The minimum Gasteiger partial charge on any atom is -0.463 e. The zero-order chi connectivity index (χ0) is 18.3. The Balaban J connectivity index is 1.63. The molecule has 2 aromatic heterocycles. The summed E-state index contributed by atoms with van der Waals surface area (Å²) in [5.41, 5.74) is 6.53. The van der Waals surface area contributed by atoms with Gasteiger partial charge in [0.2, 0.25) is 0 Å². The number of nitrogens with zero attached hydrogens (tertiary/aromatic N) is 4. The van der Waals surface area contributed by atoms with Gasteiger partial charge in [-0.05, 0) is 36.5 Å². The van der Waals surface area contributed by atoms with Crippen LogP contribution in [0.15, 0.2) is 30.6 Å². The molecule has 1 aliphatic rings. The van der Waals surface area contributed by atoms with Crippen molar-refractivity contribution in [1.29, 1.82) is 0 Å². The fourth-order valence-electron chi connectivity index (χ4n) is 2.65. The van der Waals surface area contributed by atoms with Crippen LogP contribution >= 0.6 is 0 Å². The van der Waals surface area contributed by atoms with Crippen molar-refractivity contribution in [1.82, 2.24) is 19.5 Å². The number of ether oxygens (including phenoxy) is 1. The maximum Gasteiger partial charge on any atom is 0.416 e. The second-order valence-corrected chi connectivity index (χ2v) is 6.39. The van der Waals surface area contributed by atoms with E-state index in [2.05, 4.69) is 15.0 Å². The maximum atomic E-state index is 12.9. The highest BCUT2D eigenvalue weighted by atomic mass is 19.4. The van der Waals surface area contributed by atoms with E-state index in [0.29, 0.717) is 29.3 Å². The molecule has 136 valence electrons. The van der Waals surface area contributed by atoms with Gasteiger partial charge in [-0.25, -0.2) is 4.98 Å². The summed E-state index contributed by atoms with van der Waals surface area (Å²) in [5.74, 6) is 0.717. The summed E-state index contributed by atoms with van der Waals surface area (Å²) in [6, 6.07) is 5.31. The molecule has 1 aliphatic carbocycles. The SMILES string of the molecule is Nc1nc(OCC2CC2)nc2c1ncn2Cc1cccc(C(F)(F)F)c1. The van der Waals surface area contributed by atoms with Crippen molar-refractivity contribution in [3.63, 3.8) is 0 Å². The number of benzene rings is 1. The zero-order valence-electron chi connectivity index (χ0n) is 13.7. The zero-order valence-corrected chi connectivity index (χ0v) is 13.7. The van der Waals surface area contributed by atoms with Crippen LogP contribution in [-0.4, -0.2) is 26.1 Å². The predicted molar refractivity (Wildman–Crippen MR) is 88.5 cm³/mol. The van der Waals surface area contributed by atoms with Crippen molar-refractivity contribution < 1.29 is 17.9 Å². The maximum absolute atomic E-state index is 12.9. The number of rotatable bonds is 5. The van der Waals surface area contributed by atoms with Crippen molar-refractivity contribution in [2.75, 3.05) is 12.3 Å². The summed E-state index contributed by atoms with van der Waals surface area (Å²) in [7, 11) is 0. The Hall–Kier alpha value is -2.84. The highest BCUT2D eigenvalue weighted by molar-refractivity contribution is 5.81. The average Bonchev–Trinajstić information content (AvgIpc) is 3.34. The number of anilines is 1. The molecule has 4 rings (SSSR count). The van der Waals surface area contributed by atoms with Crippen molar-refractivity contribution >= 4 is 17.0 Å². The van der Waals surface area contributed by atoms with Gasteiger partial charge in [0.15, 0.2) is 17.0 Å². The molecule has 1 aromatic carbocycles. The van der Waals surface area contributed by atoms with Crippen molar-refractivity contribution in [2.45, 2.75) is 25.6 Å². The average molecular weight is 363 g/mol. The standard InChI is InChI=1S/C17H16F3N5O/c18-17(19,20)12-3-1-2-11(6-12)7-25-9-22-13-14(21)23-16(24-15(13)25)26-8-10-4-5-10/h1-3,6,9-10H,4-5,7-8H2,(H2,21,23,24). The molecule has 0 spiro atoms. The molecule has 0 bridgehead atoms. The van der Waals surface area contributed by atoms with Crippen LogP contribution in [0.3, 0.4) is 0 Å². The Bertz CT molecular complexity index is 949. The fraction of sp³-hybridized carbons (Fsp3) is 0.353. The number of nitrogen functional groups attached to an aromatic ring is 1. The van der Waals surface area contributed by atoms with Gasteiger partial charge in [0.05, 0.1) is 25.0 Å². The molecule has 3 aromatic rings. The third-order valence-corrected chi connectivity index (χ3v) is 4.22. The van der Waals surface area contributed by atoms with Crippen LogP contribution < -0.4 is 10.5 Å². The van der Waals surface area contributed by atoms with E-state index in [1.54, 1.807) is 10.6 Å². The summed E-state index contributed by atoms with van der Waals surface area (Å²) in [4.78, 5) is 12.6. The number of fused-ring (bicyclic) bond motifs is 1. The first-order valence-electron chi connectivity index (χ1n) is 8.17. The molecule has 1 fully saturated rings. The number of aromatic nitrogens is 4. The lowest BCUT2D eigenvalue weighted by Gasteiger charge is -2.10. The normalized spacial score (nSPS) is 14.7. The largest absolute Gasteiger partial charge is 0.463 e. The first kappa shape index (κ1) is 16.6. The minimum absolute atomic E-state index is 0.160. The van der Waals surface area contributed by atoms with Crippen LogP contribution in [0, 0.1) is 5.92 Å². The summed E-state index contributed by atoms with van der Waals surface area (Å²) in [6.45, 7) is 0.714. The van der Waals surface area contributed by atoms with E-state index in [0.717, 1.165) is 25.0 Å². The number of halogens is 3. The molecular formula is C17H16F3N5O. The first-order valence-corrected chi connectivity index (χ1v) is 8.17. The molecular weight excluding hydrogens is 347 g/mol. The Morgan fingerprint density at radius 2 is 2.04 bits per heavy atom. The van der Waals surface area contributed by atoms with E-state index in [9.17, 15) is 13.2 Å². The molecule has 1 saturated carbocycles. The van der Waals surface area contributed by atoms with Gasteiger partial charge in [-0.2, -0.15) is 23.1 Å². The molecule has 0 aliphatic heterocycles. The Kier molecular flexibility index (Phi) is 3.93. The first-order chi connectivity index (χ1) is 12.4. The topological polar surface area (TPSA) is 78.8 Å². The third kappa shape index (κ3) is 3.42. The van der Waals surface area contributed by atoms with Crippen LogP contribution in [-0.2, 0) is 12.7 Å². The van der Waals surface area contributed by atoms with Crippen LogP contribution in [0.25, 0.3) is 11.2 Å². The lowest BCUT2D eigenvalue weighted by atomic mass is 10.1. The molecule has 0 radical (unpaired) electrons. The minimum atomic E-state index is -4.39. The molecule has 0 amide bonds. The van der Waals surface area contributed by atoms with E-state index in [-0.39, 0.29) is 18.4 Å². The predicted octanol–water partition coefficient (Wildman–Crippen LogP) is 3.26. The second-order valence-electron chi connectivity index (χ2n) is 6.39. The third-order valence-electron chi connectivity index (χ3n) is 4.22. The molecule has 26 heavy (non-hydrogen) atoms. The number of alkyl halides is 3. The van der Waals surface area contributed by atoms with E-state index in [4.69, 9.17) is 10.5 Å².